The number of likely N-dealkylation sites (tertiary alicyclic amines) is 1. The molecule has 0 saturated carbocycles. The van der Waals surface area contributed by atoms with Crippen LogP contribution in [0, 0.1) is 5.92 Å². The Bertz CT molecular complexity index is 263. The lowest BCUT2D eigenvalue weighted by Crippen LogP contribution is -2.33. The Balaban J connectivity index is 1.74. The van der Waals surface area contributed by atoms with Crippen molar-refractivity contribution in [2.24, 2.45) is 11.7 Å². The van der Waals surface area contributed by atoms with Crippen LogP contribution in [0.3, 0.4) is 0 Å². The summed E-state index contributed by atoms with van der Waals surface area (Å²) < 4.78 is 5.07. The van der Waals surface area contributed by atoms with Gasteiger partial charge in [0.25, 0.3) is 0 Å². The van der Waals surface area contributed by atoms with Crippen LogP contribution in [0.15, 0.2) is 23.0 Å². The predicted molar refractivity (Wildman–Crippen MR) is 60.4 cm³/mol. The molecule has 0 radical (unpaired) electrons. The van der Waals surface area contributed by atoms with Crippen molar-refractivity contribution in [1.82, 2.24) is 4.90 Å². The molecule has 2 heterocycles. The highest BCUT2D eigenvalue weighted by molar-refractivity contribution is 5.05. The Morgan fingerprint density at radius 2 is 2.20 bits per heavy atom. The van der Waals surface area contributed by atoms with Gasteiger partial charge >= 0.3 is 0 Å². The summed E-state index contributed by atoms with van der Waals surface area (Å²) in [7, 11) is 0. The second-order valence-corrected chi connectivity index (χ2v) is 4.43. The van der Waals surface area contributed by atoms with Crippen molar-refractivity contribution < 1.29 is 4.42 Å². The van der Waals surface area contributed by atoms with Gasteiger partial charge in [0.05, 0.1) is 12.5 Å². The second-order valence-electron chi connectivity index (χ2n) is 4.43. The lowest BCUT2D eigenvalue weighted by atomic mass is 9.93. The standard InChI is InChI=1S/C12H20N2O/c13-5-1-11-2-6-14(7-3-11)9-12-4-8-15-10-12/h4,8,10-11H,1-3,5-7,9,13H2. The Kier molecular flexibility index (Phi) is 3.80. The van der Waals surface area contributed by atoms with E-state index in [2.05, 4.69) is 4.90 Å². The zero-order valence-electron chi connectivity index (χ0n) is 9.19. The van der Waals surface area contributed by atoms with E-state index >= 15 is 0 Å². The van der Waals surface area contributed by atoms with Crippen LogP contribution in [0.4, 0.5) is 0 Å². The first-order chi connectivity index (χ1) is 7.38. The molecular weight excluding hydrogens is 188 g/mol. The highest BCUT2D eigenvalue weighted by Gasteiger charge is 2.18. The quantitative estimate of drug-likeness (QED) is 0.821. The maximum Gasteiger partial charge on any atom is 0.0947 e. The van der Waals surface area contributed by atoms with Crippen LogP contribution in [0.1, 0.15) is 24.8 Å². The fourth-order valence-corrected chi connectivity index (χ4v) is 2.31. The largest absolute Gasteiger partial charge is 0.472 e. The number of furan rings is 1. The van der Waals surface area contributed by atoms with Crippen LogP contribution in [0.25, 0.3) is 0 Å². The van der Waals surface area contributed by atoms with Gasteiger partial charge in [-0.2, -0.15) is 0 Å². The molecule has 0 bridgehead atoms. The zero-order chi connectivity index (χ0) is 10.5. The predicted octanol–water partition coefficient (Wildman–Crippen LogP) is 1.84. The smallest absolute Gasteiger partial charge is 0.0947 e. The normalized spacial score (nSPS) is 19.5. The van der Waals surface area contributed by atoms with Gasteiger partial charge < -0.3 is 10.2 Å². The Labute approximate surface area is 91.2 Å². The molecule has 1 aromatic heterocycles. The lowest BCUT2D eigenvalue weighted by Gasteiger charge is -2.31. The molecule has 0 amide bonds. The number of nitrogens with zero attached hydrogens (tertiary/aromatic N) is 1. The third-order valence-electron chi connectivity index (χ3n) is 3.27. The van der Waals surface area contributed by atoms with Gasteiger partial charge in [-0.05, 0) is 50.9 Å². The molecule has 0 aromatic carbocycles. The van der Waals surface area contributed by atoms with E-state index < -0.39 is 0 Å². The van der Waals surface area contributed by atoms with Crippen molar-refractivity contribution in [3.8, 4) is 0 Å². The maximum atomic E-state index is 5.58. The third kappa shape index (κ3) is 3.08. The zero-order valence-corrected chi connectivity index (χ0v) is 9.19. The molecule has 0 unspecified atom stereocenters. The molecular formula is C12H20N2O. The van der Waals surface area contributed by atoms with Gasteiger partial charge in [-0.25, -0.2) is 0 Å². The minimum atomic E-state index is 0.840. The Morgan fingerprint density at radius 3 is 2.80 bits per heavy atom. The highest BCUT2D eigenvalue weighted by Crippen LogP contribution is 2.21. The first kappa shape index (κ1) is 10.7. The third-order valence-corrected chi connectivity index (χ3v) is 3.27. The first-order valence-corrected chi connectivity index (χ1v) is 5.82. The van der Waals surface area contributed by atoms with Crippen LogP contribution in [0.2, 0.25) is 0 Å². The molecule has 1 aliphatic rings. The topological polar surface area (TPSA) is 42.4 Å². The summed E-state index contributed by atoms with van der Waals surface area (Å²) >= 11 is 0. The van der Waals surface area contributed by atoms with E-state index in [1.807, 2.05) is 12.3 Å². The molecule has 0 spiro atoms. The molecule has 84 valence electrons. The van der Waals surface area contributed by atoms with Gasteiger partial charge in [0.2, 0.25) is 0 Å². The Hall–Kier alpha value is -0.800. The first-order valence-electron chi connectivity index (χ1n) is 5.82. The minimum Gasteiger partial charge on any atom is -0.472 e. The highest BCUT2D eigenvalue weighted by atomic mass is 16.3. The van der Waals surface area contributed by atoms with E-state index in [0.717, 1.165) is 19.0 Å². The molecule has 1 fully saturated rings. The molecule has 2 rings (SSSR count). The minimum absolute atomic E-state index is 0.840. The monoisotopic (exact) mass is 208 g/mol. The molecule has 1 aromatic rings. The van der Waals surface area contributed by atoms with Gasteiger partial charge in [0.1, 0.15) is 0 Å². The number of hydrogen-bond donors (Lipinski definition) is 1. The second kappa shape index (κ2) is 5.33. The van der Waals surface area contributed by atoms with Crippen LogP contribution in [0.5, 0.6) is 0 Å². The van der Waals surface area contributed by atoms with Crippen molar-refractivity contribution in [2.75, 3.05) is 19.6 Å². The molecule has 1 aliphatic heterocycles. The van der Waals surface area contributed by atoms with E-state index in [9.17, 15) is 0 Å². The lowest BCUT2D eigenvalue weighted by molar-refractivity contribution is 0.173. The van der Waals surface area contributed by atoms with Crippen molar-refractivity contribution in [1.29, 1.82) is 0 Å². The van der Waals surface area contributed by atoms with Crippen LogP contribution in [-0.4, -0.2) is 24.5 Å². The van der Waals surface area contributed by atoms with E-state index in [1.54, 1.807) is 6.26 Å². The maximum absolute atomic E-state index is 5.58. The van der Waals surface area contributed by atoms with Crippen molar-refractivity contribution >= 4 is 0 Å². The van der Waals surface area contributed by atoms with E-state index in [4.69, 9.17) is 10.2 Å². The fraction of sp³-hybridized carbons (Fsp3) is 0.667. The van der Waals surface area contributed by atoms with Gasteiger partial charge in [0.15, 0.2) is 0 Å². The Morgan fingerprint density at radius 1 is 1.40 bits per heavy atom. The summed E-state index contributed by atoms with van der Waals surface area (Å²) in [6.07, 6.45) is 7.38. The average Bonchev–Trinajstić information content (AvgIpc) is 2.74. The van der Waals surface area contributed by atoms with Crippen LogP contribution < -0.4 is 5.73 Å². The molecule has 0 atom stereocenters. The SMILES string of the molecule is NCCC1CCN(Cc2ccoc2)CC1. The van der Waals surface area contributed by atoms with Gasteiger partial charge in [-0.1, -0.05) is 0 Å². The summed E-state index contributed by atoms with van der Waals surface area (Å²) in [5, 5.41) is 0. The van der Waals surface area contributed by atoms with Gasteiger partial charge in [-0.15, -0.1) is 0 Å². The number of nitrogens with two attached hydrogens (primary N) is 1. The van der Waals surface area contributed by atoms with E-state index in [0.29, 0.717) is 0 Å². The number of rotatable bonds is 4. The molecule has 1 saturated heterocycles. The number of hydrogen-bond acceptors (Lipinski definition) is 3. The molecule has 3 nitrogen and oxygen atoms in total. The molecule has 15 heavy (non-hydrogen) atoms. The van der Waals surface area contributed by atoms with Gasteiger partial charge in [-0.3, -0.25) is 4.90 Å². The average molecular weight is 208 g/mol. The molecule has 0 aliphatic carbocycles. The van der Waals surface area contributed by atoms with Crippen LogP contribution in [-0.2, 0) is 6.54 Å². The summed E-state index contributed by atoms with van der Waals surface area (Å²) in [5.41, 5.74) is 6.86. The van der Waals surface area contributed by atoms with Gasteiger partial charge in [0, 0.05) is 12.1 Å². The van der Waals surface area contributed by atoms with Crippen molar-refractivity contribution in [3.63, 3.8) is 0 Å². The summed E-state index contributed by atoms with van der Waals surface area (Å²) in [6, 6.07) is 2.05. The van der Waals surface area contributed by atoms with Crippen LogP contribution >= 0.6 is 0 Å². The van der Waals surface area contributed by atoms with Crippen molar-refractivity contribution in [3.05, 3.63) is 24.2 Å². The molecule has 3 heteroatoms. The van der Waals surface area contributed by atoms with Crippen molar-refractivity contribution in [2.45, 2.75) is 25.8 Å². The molecule has 2 N–H and O–H groups in total. The fourth-order valence-electron chi connectivity index (χ4n) is 2.31. The van der Waals surface area contributed by atoms with E-state index in [-0.39, 0.29) is 0 Å². The van der Waals surface area contributed by atoms with E-state index in [1.165, 1.54) is 37.9 Å². The number of piperidine rings is 1. The summed E-state index contributed by atoms with van der Waals surface area (Å²) in [5.74, 6) is 0.857. The summed E-state index contributed by atoms with van der Waals surface area (Å²) in [6.45, 7) is 4.28. The summed E-state index contributed by atoms with van der Waals surface area (Å²) in [4.78, 5) is 2.50.